The van der Waals surface area contributed by atoms with Crippen molar-refractivity contribution < 1.29 is 0 Å². The Morgan fingerprint density at radius 2 is 1.83 bits per heavy atom. The van der Waals surface area contributed by atoms with E-state index in [4.69, 9.17) is 17.3 Å². The zero-order valence-corrected chi connectivity index (χ0v) is 12.4. The van der Waals surface area contributed by atoms with E-state index < -0.39 is 0 Å². The SMILES string of the molecule is CC(C)(C)c1nc(N)sc1Cc1ccc(Cl)cc1. The summed E-state index contributed by atoms with van der Waals surface area (Å²) in [5.41, 5.74) is 8.19. The summed E-state index contributed by atoms with van der Waals surface area (Å²) in [6.07, 6.45) is 0.860. The zero-order chi connectivity index (χ0) is 13.3. The van der Waals surface area contributed by atoms with Crippen LogP contribution in [0.2, 0.25) is 5.02 Å². The maximum Gasteiger partial charge on any atom is 0.180 e. The predicted molar refractivity (Wildman–Crippen MR) is 79.5 cm³/mol. The van der Waals surface area contributed by atoms with E-state index in [0.717, 1.165) is 17.1 Å². The smallest absolute Gasteiger partial charge is 0.180 e. The first-order valence-corrected chi connectivity index (χ1v) is 7.06. The molecule has 96 valence electrons. The van der Waals surface area contributed by atoms with E-state index >= 15 is 0 Å². The van der Waals surface area contributed by atoms with Gasteiger partial charge >= 0.3 is 0 Å². The molecule has 0 radical (unpaired) electrons. The number of nitrogens with two attached hydrogens (primary N) is 1. The van der Waals surface area contributed by atoms with E-state index in [9.17, 15) is 0 Å². The Labute approximate surface area is 117 Å². The number of anilines is 1. The van der Waals surface area contributed by atoms with Crippen LogP contribution in [0.5, 0.6) is 0 Å². The average Bonchev–Trinajstić information content (AvgIpc) is 2.63. The fourth-order valence-corrected chi connectivity index (χ4v) is 3.07. The van der Waals surface area contributed by atoms with E-state index in [1.807, 2.05) is 24.3 Å². The van der Waals surface area contributed by atoms with Crippen molar-refractivity contribution in [1.82, 2.24) is 4.98 Å². The molecule has 2 rings (SSSR count). The van der Waals surface area contributed by atoms with Gasteiger partial charge in [0.15, 0.2) is 5.13 Å². The molecule has 0 aliphatic rings. The summed E-state index contributed by atoms with van der Waals surface area (Å²) in [5.74, 6) is 0. The lowest BCUT2D eigenvalue weighted by Gasteiger charge is -2.17. The van der Waals surface area contributed by atoms with Gasteiger partial charge in [0.05, 0.1) is 5.69 Å². The fourth-order valence-electron chi connectivity index (χ4n) is 1.86. The highest BCUT2D eigenvalue weighted by atomic mass is 35.5. The first-order chi connectivity index (χ1) is 8.36. The molecular formula is C14H17ClN2S. The molecule has 0 unspecified atom stereocenters. The van der Waals surface area contributed by atoms with Gasteiger partial charge in [0, 0.05) is 21.7 Å². The zero-order valence-electron chi connectivity index (χ0n) is 10.8. The van der Waals surface area contributed by atoms with Gasteiger partial charge in [0.2, 0.25) is 0 Å². The number of nitrogen functional groups attached to an aromatic ring is 1. The second-order valence-corrected chi connectivity index (χ2v) is 6.93. The Kier molecular flexibility index (Phi) is 3.64. The van der Waals surface area contributed by atoms with Gasteiger partial charge in [-0.05, 0) is 17.7 Å². The van der Waals surface area contributed by atoms with Crippen LogP contribution in [-0.2, 0) is 11.8 Å². The minimum Gasteiger partial charge on any atom is -0.375 e. The molecule has 4 heteroatoms. The molecule has 18 heavy (non-hydrogen) atoms. The Bertz CT molecular complexity index is 538. The van der Waals surface area contributed by atoms with Crippen LogP contribution in [0.25, 0.3) is 0 Å². The summed E-state index contributed by atoms with van der Waals surface area (Å²) in [6.45, 7) is 6.48. The molecule has 1 aromatic carbocycles. The van der Waals surface area contributed by atoms with Crippen LogP contribution >= 0.6 is 22.9 Å². The van der Waals surface area contributed by atoms with Crippen molar-refractivity contribution >= 4 is 28.1 Å². The Hall–Kier alpha value is -1.06. The molecule has 0 amide bonds. The van der Waals surface area contributed by atoms with Gasteiger partial charge in [-0.15, -0.1) is 11.3 Å². The fraction of sp³-hybridized carbons (Fsp3) is 0.357. The Morgan fingerprint density at radius 1 is 1.22 bits per heavy atom. The van der Waals surface area contributed by atoms with Gasteiger partial charge in [-0.1, -0.05) is 44.5 Å². The first kappa shape index (κ1) is 13.4. The van der Waals surface area contributed by atoms with Crippen LogP contribution in [0.1, 0.15) is 36.9 Å². The van der Waals surface area contributed by atoms with Gasteiger partial charge < -0.3 is 5.73 Å². The van der Waals surface area contributed by atoms with Crippen molar-refractivity contribution in [2.24, 2.45) is 0 Å². The molecule has 2 aromatic rings. The number of halogens is 1. The molecule has 0 saturated heterocycles. The van der Waals surface area contributed by atoms with E-state index in [2.05, 4.69) is 25.8 Å². The van der Waals surface area contributed by atoms with Crippen LogP contribution in [0.15, 0.2) is 24.3 Å². The van der Waals surface area contributed by atoms with Gasteiger partial charge in [-0.25, -0.2) is 4.98 Å². The van der Waals surface area contributed by atoms with Crippen LogP contribution in [0.4, 0.5) is 5.13 Å². The van der Waals surface area contributed by atoms with Gasteiger partial charge in [0.1, 0.15) is 0 Å². The van der Waals surface area contributed by atoms with Crippen molar-refractivity contribution in [2.75, 3.05) is 5.73 Å². The number of hydrogen-bond acceptors (Lipinski definition) is 3. The van der Waals surface area contributed by atoms with Gasteiger partial charge in [-0.3, -0.25) is 0 Å². The largest absolute Gasteiger partial charge is 0.375 e. The highest BCUT2D eigenvalue weighted by Crippen LogP contribution is 2.32. The summed E-state index contributed by atoms with van der Waals surface area (Å²) in [4.78, 5) is 5.70. The van der Waals surface area contributed by atoms with Crippen molar-refractivity contribution in [3.8, 4) is 0 Å². The summed E-state index contributed by atoms with van der Waals surface area (Å²) < 4.78 is 0. The standard InChI is InChI=1S/C14H17ClN2S/c1-14(2,3)12-11(18-13(16)17-12)8-9-4-6-10(15)7-5-9/h4-7H,8H2,1-3H3,(H2,16,17). The molecule has 0 aliphatic carbocycles. The summed E-state index contributed by atoms with van der Waals surface area (Å²) in [7, 11) is 0. The van der Waals surface area contributed by atoms with E-state index in [1.54, 1.807) is 11.3 Å². The third-order valence-electron chi connectivity index (χ3n) is 2.70. The number of benzene rings is 1. The highest BCUT2D eigenvalue weighted by molar-refractivity contribution is 7.15. The molecular weight excluding hydrogens is 264 g/mol. The van der Waals surface area contributed by atoms with Gasteiger partial charge in [-0.2, -0.15) is 0 Å². The van der Waals surface area contributed by atoms with E-state index in [-0.39, 0.29) is 5.41 Å². The van der Waals surface area contributed by atoms with Crippen molar-refractivity contribution in [2.45, 2.75) is 32.6 Å². The van der Waals surface area contributed by atoms with Crippen molar-refractivity contribution in [3.05, 3.63) is 45.4 Å². The molecule has 2 N–H and O–H groups in total. The van der Waals surface area contributed by atoms with Gasteiger partial charge in [0.25, 0.3) is 0 Å². The third-order valence-corrected chi connectivity index (χ3v) is 3.84. The summed E-state index contributed by atoms with van der Waals surface area (Å²) >= 11 is 7.47. The number of rotatable bonds is 2. The lowest BCUT2D eigenvalue weighted by molar-refractivity contribution is 0.568. The molecule has 2 nitrogen and oxygen atoms in total. The molecule has 0 aliphatic heterocycles. The molecule has 0 saturated carbocycles. The topological polar surface area (TPSA) is 38.9 Å². The molecule has 0 fully saturated rings. The minimum absolute atomic E-state index is 0.0237. The van der Waals surface area contributed by atoms with Crippen LogP contribution in [0.3, 0.4) is 0 Å². The second-order valence-electron chi connectivity index (χ2n) is 5.38. The second kappa shape index (κ2) is 4.90. The van der Waals surface area contributed by atoms with Crippen molar-refractivity contribution in [1.29, 1.82) is 0 Å². The third kappa shape index (κ3) is 3.03. The maximum atomic E-state index is 5.89. The lowest BCUT2D eigenvalue weighted by atomic mass is 9.90. The maximum absolute atomic E-state index is 5.89. The highest BCUT2D eigenvalue weighted by Gasteiger charge is 2.22. The molecule has 1 heterocycles. The molecule has 0 spiro atoms. The predicted octanol–water partition coefficient (Wildman–Crippen LogP) is 4.27. The van der Waals surface area contributed by atoms with E-state index in [0.29, 0.717) is 5.13 Å². The summed E-state index contributed by atoms with van der Waals surface area (Å²) in [5, 5.41) is 1.41. The quantitative estimate of drug-likeness (QED) is 0.892. The lowest BCUT2D eigenvalue weighted by Crippen LogP contribution is -2.14. The number of aromatic nitrogens is 1. The monoisotopic (exact) mass is 280 g/mol. The van der Waals surface area contributed by atoms with Crippen molar-refractivity contribution in [3.63, 3.8) is 0 Å². The molecule has 1 aromatic heterocycles. The van der Waals surface area contributed by atoms with Crippen LogP contribution < -0.4 is 5.73 Å². The number of hydrogen-bond donors (Lipinski definition) is 1. The Morgan fingerprint density at radius 3 is 2.39 bits per heavy atom. The molecule has 0 atom stereocenters. The minimum atomic E-state index is 0.0237. The average molecular weight is 281 g/mol. The summed E-state index contributed by atoms with van der Waals surface area (Å²) in [6, 6.07) is 7.92. The normalized spacial score (nSPS) is 11.8. The Balaban J connectivity index is 2.31. The number of thiazole rings is 1. The number of nitrogens with zero attached hydrogens (tertiary/aromatic N) is 1. The van der Waals surface area contributed by atoms with Crippen LogP contribution in [0, 0.1) is 0 Å². The molecule has 0 bridgehead atoms. The van der Waals surface area contributed by atoms with Crippen LogP contribution in [-0.4, -0.2) is 4.98 Å². The first-order valence-electron chi connectivity index (χ1n) is 5.86. The van der Waals surface area contributed by atoms with E-state index in [1.165, 1.54) is 10.4 Å².